The van der Waals surface area contributed by atoms with Crippen LogP contribution in [0.2, 0.25) is 0 Å². The van der Waals surface area contributed by atoms with Crippen molar-refractivity contribution in [2.45, 2.75) is 79.1 Å². The number of hydrogen-bond acceptors (Lipinski definition) is 7. The smallest absolute Gasteiger partial charge is 0.404 e. The predicted octanol–water partition coefficient (Wildman–Crippen LogP) is 4.50. The Morgan fingerprint density at radius 3 is 2.24 bits per heavy atom. The van der Waals surface area contributed by atoms with Gasteiger partial charge in [-0.1, -0.05) is 81.3 Å². The number of halogens is 1. The minimum atomic E-state index is -0.902. The Bertz CT molecular complexity index is 1050. The molecule has 0 aliphatic rings. The summed E-state index contributed by atoms with van der Waals surface area (Å²) in [5, 5.41) is 25.4. The van der Waals surface area contributed by atoms with Crippen LogP contribution < -0.4 is 16.4 Å². The van der Waals surface area contributed by atoms with Gasteiger partial charge in [-0.25, -0.2) is 4.79 Å². The first-order valence-electron chi connectivity index (χ1n) is 13.7. The Morgan fingerprint density at radius 1 is 1.05 bits per heavy atom. The summed E-state index contributed by atoms with van der Waals surface area (Å²) in [6, 6.07) is -0.828. The number of aliphatic hydroxyl groups is 2. The molecule has 0 spiro atoms. The second-order valence-electron chi connectivity index (χ2n) is 10.9. The lowest BCUT2D eigenvalue weighted by Gasteiger charge is -2.29. The predicted molar refractivity (Wildman–Crippen MR) is 166 cm³/mol. The van der Waals surface area contributed by atoms with E-state index < -0.39 is 41.6 Å². The number of methoxy groups -OCH3 is 1. The van der Waals surface area contributed by atoms with Gasteiger partial charge >= 0.3 is 6.09 Å². The molecule has 0 saturated carbocycles. The summed E-state index contributed by atoms with van der Waals surface area (Å²) in [4.78, 5) is 36.5. The fourth-order valence-electron chi connectivity index (χ4n) is 3.57. The second kappa shape index (κ2) is 20.5. The third-order valence-corrected chi connectivity index (χ3v) is 6.11. The van der Waals surface area contributed by atoms with Crippen molar-refractivity contribution in [2.24, 2.45) is 17.1 Å². The third kappa shape index (κ3) is 18.2. The average Bonchev–Trinajstić information content (AvgIpc) is 2.89. The molecule has 4 atom stereocenters. The van der Waals surface area contributed by atoms with Crippen LogP contribution in [-0.4, -0.2) is 60.1 Å². The molecule has 0 aromatic carbocycles. The van der Waals surface area contributed by atoms with Crippen LogP contribution in [0.5, 0.6) is 0 Å². The Kier molecular flexibility index (Phi) is 18.9. The van der Waals surface area contributed by atoms with E-state index in [0.29, 0.717) is 30.1 Å². The van der Waals surface area contributed by atoms with Gasteiger partial charge < -0.3 is 36.1 Å². The molecule has 0 radical (unpaired) electrons. The van der Waals surface area contributed by atoms with Crippen molar-refractivity contribution in [3.05, 3.63) is 71.2 Å². The molecule has 6 N–H and O–H groups in total. The molecule has 3 amide bonds. The van der Waals surface area contributed by atoms with Crippen molar-refractivity contribution in [2.75, 3.05) is 13.7 Å². The number of nitrogens with one attached hydrogen (secondary N) is 2. The minimum Gasteiger partial charge on any atom is -0.499 e. The topological polar surface area (TPSA) is 160 Å². The van der Waals surface area contributed by atoms with Crippen LogP contribution in [0.3, 0.4) is 0 Å². The number of rotatable bonds is 17. The van der Waals surface area contributed by atoms with Crippen LogP contribution >= 0.6 is 11.6 Å². The molecule has 0 aliphatic carbocycles. The van der Waals surface area contributed by atoms with Gasteiger partial charge in [0.25, 0.3) is 0 Å². The van der Waals surface area contributed by atoms with E-state index in [2.05, 4.69) is 10.6 Å². The van der Waals surface area contributed by atoms with E-state index in [-0.39, 0.29) is 12.5 Å². The summed E-state index contributed by atoms with van der Waals surface area (Å²) in [5.41, 5.74) is 5.43. The summed E-state index contributed by atoms with van der Waals surface area (Å²) in [6.07, 6.45) is 13.6. The standard InChI is InChI=1S/C31H48ClN3O7/c1-21(19-22(2)26(37)17-16-25(20-36)41-7)11-8-9-13-27(38)35-28(31(4,5)6)29(39)34-18-10-12-24(42-30(33)40)15-14-23(3)32/h8-11,13-14,16,18-19,22,24,26,28,36-37H,12,15,17,20H2,1-7H3,(H2,33,40)(H,34,39)(H,35,38)/b11-8-,13-9-,18-10-,21-19+,23-14+,25-16+. The first-order valence-corrected chi connectivity index (χ1v) is 14.1. The van der Waals surface area contributed by atoms with Gasteiger partial charge in [0.1, 0.15) is 24.5 Å². The number of hydrogen-bond donors (Lipinski definition) is 5. The fourth-order valence-corrected chi connectivity index (χ4v) is 3.66. The Morgan fingerprint density at radius 2 is 1.69 bits per heavy atom. The highest BCUT2D eigenvalue weighted by Gasteiger charge is 2.31. The van der Waals surface area contributed by atoms with Crippen molar-refractivity contribution in [1.82, 2.24) is 10.6 Å². The second-order valence-corrected chi connectivity index (χ2v) is 11.5. The molecule has 0 aromatic rings. The quantitative estimate of drug-likeness (QED) is 0.0921. The molecule has 11 heteroatoms. The minimum absolute atomic E-state index is 0.150. The Hall–Kier alpha value is -3.34. The van der Waals surface area contributed by atoms with E-state index in [1.54, 1.807) is 43.4 Å². The molecule has 10 nitrogen and oxygen atoms in total. The van der Waals surface area contributed by atoms with Crippen molar-refractivity contribution < 1.29 is 34.1 Å². The maximum Gasteiger partial charge on any atom is 0.404 e. The summed E-state index contributed by atoms with van der Waals surface area (Å²) in [5.74, 6) is -0.590. The van der Waals surface area contributed by atoms with Gasteiger partial charge in [0.15, 0.2) is 0 Å². The largest absolute Gasteiger partial charge is 0.499 e. The first-order chi connectivity index (χ1) is 19.6. The summed E-state index contributed by atoms with van der Waals surface area (Å²) < 4.78 is 10.0. The van der Waals surface area contributed by atoms with Gasteiger partial charge in [-0.15, -0.1) is 0 Å². The van der Waals surface area contributed by atoms with Crippen LogP contribution in [0.25, 0.3) is 0 Å². The van der Waals surface area contributed by atoms with Crippen LogP contribution in [0.15, 0.2) is 71.2 Å². The summed E-state index contributed by atoms with van der Waals surface area (Å²) in [7, 11) is 1.46. The van der Waals surface area contributed by atoms with Crippen LogP contribution in [-0.2, 0) is 19.1 Å². The van der Waals surface area contributed by atoms with Gasteiger partial charge in [-0.2, -0.15) is 0 Å². The van der Waals surface area contributed by atoms with Crippen molar-refractivity contribution >= 4 is 29.5 Å². The SMILES string of the molecule is CO/C(=C/CC(O)C(C)/C=C(C)/C=C\C=C/C(=O)NC(C(=O)N/C=C\CC(C/C=C(\C)Cl)OC(N)=O)C(C)(C)C)CO. The number of amides is 3. The van der Waals surface area contributed by atoms with E-state index >= 15 is 0 Å². The molecule has 0 aromatic heterocycles. The summed E-state index contributed by atoms with van der Waals surface area (Å²) >= 11 is 5.84. The highest BCUT2D eigenvalue weighted by Crippen LogP contribution is 2.20. The molecule has 0 bridgehead atoms. The number of allylic oxidation sites excluding steroid dienone is 5. The third-order valence-electron chi connectivity index (χ3n) is 5.96. The fraction of sp³-hybridized carbons (Fsp3) is 0.516. The molecular weight excluding hydrogens is 562 g/mol. The highest BCUT2D eigenvalue weighted by molar-refractivity contribution is 6.29. The molecule has 0 heterocycles. The number of primary amides is 1. The molecule has 0 rings (SSSR count). The van der Waals surface area contributed by atoms with Gasteiger partial charge in [-0.3, -0.25) is 9.59 Å². The van der Waals surface area contributed by atoms with Crippen molar-refractivity contribution in [3.8, 4) is 0 Å². The molecule has 0 fully saturated rings. The average molecular weight is 610 g/mol. The monoisotopic (exact) mass is 609 g/mol. The number of carbonyl (C=O) groups excluding carboxylic acids is 3. The first kappa shape index (κ1) is 38.7. The van der Waals surface area contributed by atoms with Gasteiger partial charge in [-0.05, 0) is 38.0 Å². The van der Waals surface area contributed by atoms with E-state index in [1.807, 2.05) is 40.7 Å². The summed E-state index contributed by atoms with van der Waals surface area (Å²) in [6.45, 7) is 10.7. The van der Waals surface area contributed by atoms with E-state index in [1.165, 1.54) is 19.4 Å². The van der Waals surface area contributed by atoms with E-state index in [0.717, 1.165) is 5.57 Å². The van der Waals surface area contributed by atoms with E-state index in [9.17, 15) is 19.5 Å². The van der Waals surface area contributed by atoms with Gasteiger partial charge in [0.2, 0.25) is 11.8 Å². The lowest BCUT2D eigenvalue weighted by molar-refractivity contribution is -0.129. The maximum absolute atomic E-state index is 12.9. The number of carbonyl (C=O) groups is 3. The van der Waals surface area contributed by atoms with Crippen molar-refractivity contribution in [3.63, 3.8) is 0 Å². The zero-order valence-electron chi connectivity index (χ0n) is 25.7. The lowest BCUT2D eigenvalue weighted by atomic mass is 9.86. The van der Waals surface area contributed by atoms with Crippen LogP contribution in [0.4, 0.5) is 4.79 Å². The van der Waals surface area contributed by atoms with Crippen LogP contribution in [0.1, 0.15) is 60.8 Å². The molecule has 4 unspecified atom stereocenters. The molecular formula is C31H48ClN3O7. The van der Waals surface area contributed by atoms with Crippen LogP contribution in [0, 0.1) is 11.3 Å². The molecule has 0 saturated heterocycles. The van der Waals surface area contributed by atoms with Crippen molar-refractivity contribution in [1.29, 1.82) is 0 Å². The number of ether oxygens (including phenoxy) is 2. The zero-order valence-corrected chi connectivity index (χ0v) is 26.5. The number of aliphatic hydroxyl groups excluding tert-OH is 2. The lowest BCUT2D eigenvalue weighted by Crippen LogP contribution is -2.52. The Labute approximate surface area is 255 Å². The number of nitrogens with two attached hydrogens (primary N) is 1. The van der Waals surface area contributed by atoms with E-state index in [4.69, 9.17) is 31.9 Å². The molecule has 0 aliphatic heterocycles. The molecule has 236 valence electrons. The van der Waals surface area contributed by atoms with Gasteiger partial charge in [0.05, 0.1) is 13.2 Å². The van der Waals surface area contributed by atoms with Gasteiger partial charge in [0, 0.05) is 29.9 Å². The molecule has 42 heavy (non-hydrogen) atoms. The highest BCUT2D eigenvalue weighted by atomic mass is 35.5. The normalized spacial score (nSPS) is 16.4. The maximum atomic E-state index is 12.9. The Balaban J connectivity index is 5.10. The zero-order chi connectivity index (χ0) is 32.3.